The van der Waals surface area contributed by atoms with Crippen molar-refractivity contribution >= 4 is 34.2 Å². The van der Waals surface area contributed by atoms with Gasteiger partial charge in [0.2, 0.25) is 5.12 Å². The zero-order valence-electron chi connectivity index (χ0n) is 9.16. The lowest BCUT2D eigenvalue weighted by atomic mass is 10.1. The molecule has 0 bridgehead atoms. The van der Waals surface area contributed by atoms with Crippen LogP contribution in [0.25, 0.3) is 16.5 Å². The summed E-state index contributed by atoms with van der Waals surface area (Å²) in [6.07, 6.45) is 2.65. The molecule has 2 N–H and O–H groups in total. The van der Waals surface area contributed by atoms with E-state index in [1.165, 1.54) is 10.9 Å². The molecule has 1 aliphatic rings. The molecule has 0 fully saturated rings. The quantitative estimate of drug-likeness (QED) is 0.673. The maximum absolute atomic E-state index is 11.5. The third-order valence-electron chi connectivity index (χ3n) is 3.08. The number of rotatable bonds is 1. The van der Waals surface area contributed by atoms with E-state index in [4.69, 9.17) is 0 Å². The van der Waals surface area contributed by atoms with Gasteiger partial charge in [0.05, 0.1) is 11.3 Å². The van der Waals surface area contributed by atoms with Gasteiger partial charge in [-0.25, -0.2) is 0 Å². The molecule has 2 heterocycles. The SMILES string of the molecule is O=C(S)C1=CNCCc2c1[nH]c1ccccc21. The van der Waals surface area contributed by atoms with Crippen LogP contribution in [0.15, 0.2) is 30.5 Å². The largest absolute Gasteiger partial charge is 0.390 e. The van der Waals surface area contributed by atoms with Crippen molar-refractivity contribution in [3.05, 3.63) is 41.7 Å². The molecule has 1 aromatic carbocycles. The zero-order valence-corrected chi connectivity index (χ0v) is 10.1. The fourth-order valence-electron chi connectivity index (χ4n) is 2.30. The molecule has 4 heteroatoms. The van der Waals surface area contributed by atoms with Crippen LogP contribution in [0, 0.1) is 0 Å². The van der Waals surface area contributed by atoms with Crippen molar-refractivity contribution in [2.24, 2.45) is 0 Å². The van der Waals surface area contributed by atoms with Gasteiger partial charge in [0.1, 0.15) is 0 Å². The number of carbonyl (C=O) groups is 1. The van der Waals surface area contributed by atoms with E-state index >= 15 is 0 Å². The standard InChI is InChI=1S/C13H12N2OS/c16-13(17)10-7-14-6-5-9-8-3-1-2-4-11(8)15-12(9)10/h1-4,7,14-15H,5-6H2,(H,16,17). The lowest BCUT2D eigenvalue weighted by Crippen LogP contribution is -2.08. The Hall–Kier alpha value is -1.68. The monoisotopic (exact) mass is 244 g/mol. The Kier molecular flexibility index (Phi) is 2.44. The van der Waals surface area contributed by atoms with Crippen molar-refractivity contribution < 1.29 is 4.79 Å². The molecule has 0 unspecified atom stereocenters. The second kappa shape index (κ2) is 3.96. The summed E-state index contributed by atoms with van der Waals surface area (Å²) in [6.45, 7) is 0.833. The van der Waals surface area contributed by atoms with E-state index < -0.39 is 0 Å². The molecule has 0 aliphatic carbocycles. The van der Waals surface area contributed by atoms with E-state index in [0.717, 1.165) is 24.2 Å². The Labute approximate surface area is 104 Å². The number of aromatic amines is 1. The summed E-state index contributed by atoms with van der Waals surface area (Å²) in [6, 6.07) is 8.11. The minimum absolute atomic E-state index is 0.216. The van der Waals surface area contributed by atoms with Crippen molar-refractivity contribution in [3.8, 4) is 0 Å². The van der Waals surface area contributed by atoms with Crippen molar-refractivity contribution in [1.29, 1.82) is 0 Å². The normalized spacial score (nSPS) is 14.8. The maximum Gasteiger partial charge on any atom is 0.219 e. The molecule has 1 aliphatic heterocycles. The highest BCUT2D eigenvalue weighted by molar-refractivity contribution is 7.98. The van der Waals surface area contributed by atoms with E-state index in [0.29, 0.717) is 5.57 Å². The third-order valence-corrected chi connectivity index (χ3v) is 3.32. The molecule has 3 rings (SSSR count). The van der Waals surface area contributed by atoms with Crippen LogP contribution in [0.2, 0.25) is 0 Å². The smallest absolute Gasteiger partial charge is 0.219 e. The summed E-state index contributed by atoms with van der Waals surface area (Å²) in [5.74, 6) is 0. The minimum Gasteiger partial charge on any atom is -0.390 e. The third kappa shape index (κ3) is 1.65. The lowest BCUT2D eigenvalue weighted by molar-refractivity contribution is -0.106. The number of aromatic nitrogens is 1. The Morgan fingerprint density at radius 2 is 2.12 bits per heavy atom. The first-order chi connectivity index (χ1) is 8.27. The van der Waals surface area contributed by atoms with Gasteiger partial charge in [0.25, 0.3) is 0 Å². The van der Waals surface area contributed by atoms with E-state index in [2.05, 4.69) is 29.0 Å². The first-order valence-corrected chi connectivity index (χ1v) is 5.99. The predicted molar refractivity (Wildman–Crippen MR) is 72.0 cm³/mol. The fraction of sp³-hybridized carbons (Fsp3) is 0.154. The van der Waals surface area contributed by atoms with Crippen LogP contribution in [0.4, 0.5) is 0 Å². The topological polar surface area (TPSA) is 44.9 Å². The predicted octanol–water partition coefficient (Wildman–Crippen LogP) is 2.11. The van der Waals surface area contributed by atoms with E-state index in [1.54, 1.807) is 6.20 Å². The molecule has 2 aromatic rings. The van der Waals surface area contributed by atoms with E-state index in [9.17, 15) is 4.79 Å². The Morgan fingerprint density at radius 1 is 1.29 bits per heavy atom. The van der Waals surface area contributed by atoms with Gasteiger partial charge >= 0.3 is 0 Å². The average Bonchev–Trinajstić information content (AvgIpc) is 2.54. The molecule has 1 aromatic heterocycles. The number of para-hydroxylation sites is 1. The van der Waals surface area contributed by atoms with Gasteiger partial charge in [-0.2, -0.15) is 0 Å². The van der Waals surface area contributed by atoms with Crippen LogP contribution >= 0.6 is 12.6 Å². The molecular formula is C13H12N2OS. The summed E-state index contributed by atoms with van der Waals surface area (Å²) in [5, 5.41) is 4.10. The van der Waals surface area contributed by atoms with Gasteiger partial charge < -0.3 is 10.3 Å². The second-order valence-corrected chi connectivity index (χ2v) is 4.50. The maximum atomic E-state index is 11.5. The number of thiol groups is 1. The average molecular weight is 244 g/mol. The first kappa shape index (κ1) is 10.5. The molecular weight excluding hydrogens is 232 g/mol. The first-order valence-electron chi connectivity index (χ1n) is 5.54. The van der Waals surface area contributed by atoms with Gasteiger partial charge in [0.15, 0.2) is 0 Å². The number of benzene rings is 1. The molecule has 0 spiro atoms. The van der Waals surface area contributed by atoms with Crippen molar-refractivity contribution in [2.75, 3.05) is 6.54 Å². The Bertz CT molecular complexity index is 627. The summed E-state index contributed by atoms with van der Waals surface area (Å²) >= 11 is 3.93. The highest BCUT2D eigenvalue weighted by atomic mass is 32.1. The molecule has 0 saturated heterocycles. The van der Waals surface area contributed by atoms with Crippen LogP contribution in [-0.4, -0.2) is 16.6 Å². The number of fused-ring (bicyclic) bond motifs is 3. The van der Waals surface area contributed by atoms with Crippen LogP contribution in [0.3, 0.4) is 0 Å². The number of hydrogen-bond donors (Lipinski definition) is 3. The number of H-pyrrole nitrogens is 1. The molecule has 0 saturated carbocycles. The summed E-state index contributed by atoms with van der Waals surface area (Å²) in [7, 11) is 0. The van der Waals surface area contributed by atoms with Gasteiger partial charge in [-0.1, -0.05) is 18.2 Å². The van der Waals surface area contributed by atoms with Gasteiger partial charge in [-0.3, -0.25) is 4.79 Å². The van der Waals surface area contributed by atoms with Crippen LogP contribution in [-0.2, 0) is 11.2 Å². The van der Waals surface area contributed by atoms with Crippen molar-refractivity contribution in [1.82, 2.24) is 10.3 Å². The van der Waals surface area contributed by atoms with Crippen LogP contribution in [0.1, 0.15) is 11.3 Å². The van der Waals surface area contributed by atoms with Crippen LogP contribution < -0.4 is 5.32 Å². The second-order valence-electron chi connectivity index (χ2n) is 4.09. The Balaban J connectivity index is 2.30. The molecule has 17 heavy (non-hydrogen) atoms. The van der Waals surface area contributed by atoms with Crippen LogP contribution in [0.5, 0.6) is 0 Å². The van der Waals surface area contributed by atoms with E-state index in [1.807, 2.05) is 18.2 Å². The molecule has 0 atom stereocenters. The van der Waals surface area contributed by atoms with Crippen molar-refractivity contribution in [3.63, 3.8) is 0 Å². The summed E-state index contributed by atoms with van der Waals surface area (Å²) < 4.78 is 0. The molecule has 0 radical (unpaired) electrons. The minimum atomic E-state index is -0.216. The van der Waals surface area contributed by atoms with Gasteiger partial charge in [-0.15, -0.1) is 12.6 Å². The molecule has 0 amide bonds. The highest BCUT2D eigenvalue weighted by Crippen LogP contribution is 2.29. The summed E-state index contributed by atoms with van der Waals surface area (Å²) in [4.78, 5) is 14.8. The molecule has 3 nitrogen and oxygen atoms in total. The number of carbonyl (C=O) groups excluding carboxylic acids is 1. The number of hydrogen-bond acceptors (Lipinski definition) is 2. The van der Waals surface area contributed by atoms with Crippen molar-refractivity contribution in [2.45, 2.75) is 6.42 Å². The summed E-state index contributed by atoms with van der Waals surface area (Å²) in [5.41, 5.74) is 3.77. The zero-order chi connectivity index (χ0) is 11.8. The van der Waals surface area contributed by atoms with Gasteiger partial charge in [0, 0.05) is 23.6 Å². The Morgan fingerprint density at radius 3 is 2.94 bits per heavy atom. The highest BCUT2D eigenvalue weighted by Gasteiger charge is 2.19. The lowest BCUT2D eigenvalue weighted by Gasteiger charge is -2.00. The van der Waals surface area contributed by atoms with E-state index in [-0.39, 0.29) is 5.12 Å². The number of nitrogens with one attached hydrogen (secondary N) is 2. The fourth-order valence-corrected chi connectivity index (χ4v) is 2.48. The van der Waals surface area contributed by atoms with Gasteiger partial charge in [-0.05, 0) is 18.1 Å². The molecule has 86 valence electrons.